The standard InChI is InChI=1S/C25H23ClN2O5/c1-3-31-22-12-10-18(15-23(22)32-4-2)25(30)33-21-13-11-20(26)14-19(21)16-27-28-24(29)17-8-6-5-7-9-17/h5-16H,3-4H2,1-2H3,(H,28,29)/b27-16+. The second-order valence-electron chi connectivity index (χ2n) is 6.66. The van der Waals surface area contributed by atoms with Gasteiger partial charge < -0.3 is 14.2 Å². The largest absolute Gasteiger partial charge is 0.490 e. The van der Waals surface area contributed by atoms with Gasteiger partial charge in [0.15, 0.2) is 11.5 Å². The van der Waals surface area contributed by atoms with Crippen LogP contribution in [0.4, 0.5) is 0 Å². The third-order valence-electron chi connectivity index (χ3n) is 4.36. The number of nitrogens with one attached hydrogen (secondary N) is 1. The molecule has 0 aromatic heterocycles. The van der Waals surface area contributed by atoms with Crippen LogP contribution in [0.15, 0.2) is 71.8 Å². The predicted molar refractivity (Wildman–Crippen MR) is 127 cm³/mol. The van der Waals surface area contributed by atoms with Crippen LogP contribution < -0.4 is 19.6 Å². The molecule has 3 rings (SSSR count). The van der Waals surface area contributed by atoms with Crippen molar-refractivity contribution >= 4 is 29.7 Å². The highest BCUT2D eigenvalue weighted by Gasteiger charge is 2.15. The van der Waals surface area contributed by atoms with E-state index in [4.69, 9.17) is 25.8 Å². The van der Waals surface area contributed by atoms with Gasteiger partial charge in [0.05, 0.1) is 25.0 Å². The monoisotopic (exact) mass is 466 g/mol. The van der Waals surface area contributed by atoms with Gasteiger partial charge in [-0.25, -0.2) is 10.2 Å². The summed E-state index contributed by atoms with van der Waals surface area (Å²) in [6.07, 6.45) is 1.36. The normalized spacial score (nSPS) is 10.6. The molecule has 0 aliphatic heterocycles. The zero-order chi connectivity index (χ0) is 23.6. The molecule has 8 heteroatoms. The van der Waals surface area contributed by atoms with E-state index < -0.39 is 5.97 Å². The molecule has 0 aliphatic rings. The molecule has 33 heavy (non-hydrogen) atoms. The zero-order valence-corrected chi connectivity index (χ0v) is 19.0. The maximum absolute atomic E-state index is 12.8. The second-order valence-corrected chi connectivity index (χ2v) is 7.10. The van der Waals surface area contributed by atoms with Crippen molar-refractivity contribution in [3.05, 3.63) is 88.4 Å². The molecule has 0 radical (unpaired) electrons. The first-order valence-electron chi connectivity index (χ1n) is 10.3. The Balaban J connectivity index is 1.77. The Morgan fingerprint density at radius 2 is 1.58 bits per heavy atom. The summed E-state index contributed by atoms with van der Waals surface area (Å²) in [7, 11) is 0. The summed E-state index contributed by atoms with van der Waals surface area (Å²) in [5.41, 5.74) is 3.61. The number of hydrazone groups is 1. The highest BCUT2D eigenvalue weighted by Crippen LogP contribution is 2.29. The lowest BCUT2D eigenvalue weighted by atomic mass is 10.2. The van der Waals surface area contributed by atoms with Crippen LogP contribution in [0, 0.1) is 0 Å². The Morgan fingerprint density at radius 1 is 0.879 bits per heavy atom. The van der Waals surface area contributed by atoms with Crippen LogP contribution in [0.2, 0.25) is 5.02 Å². The van der Waals surface area contributed by atoms with Gasteiger partial charge in [-0.3, -0.25) is 4.79 Å². The lowest BCUT2D eigenvalue weighted by molar-refractivity contribution is 0.0733. The van der Waals surface area contributed by atoms with Gasteiger partial charge in [0, 0.05) is 16.1 Å². The average Bonchev–Trinajstić information content (AvgIpc) is 2.82. The van der Waals surface area contributed by atoms with E-state index in [0.717, 1.165) is 0 Å². The molecule has 0 saturated heterocycles. The van der Waals surface area contributed by atoms with E-state index in [1.54, 1.807) is 60.7 Å². The van der Waals surface area contributed by atoms with Crippen molar-refractivity contribution < 1.29 is 23.8 Å². The summed E-state index contributed by atoms with van der Waals surface area (Å²) >= 11 is 6.09. The first-order chi connectivity index (χ1) is 16.0. The maximum Gasteiger partial charge on any atom is 0.343 e. The molecule has 0 spiro atoms. The molecule has 3 aromatic rings. The SMILES string of the molecule is CCOc1ccc(C(=O)Oc2ccc(Cl)cc2/C=N/NC(=O)c2ccccc2)cc1OCC. The van der Waals surface area contributed by atoms with E-state index in [0.29, 0.717) is 40.9 Å². The fourth-order valence-electron chi connectivity index (χ4n) is 2.86. The van der Waals surface area contributed by atoms with Crippen LogP contribution >= 0.6 is 11.6 Å². The Kier molecular flexibility index (Phi) is 8.43. The van der Waals surface area contributed by atoms with E-state index in [1.165, 1.54) is 6.21 Å². The topological polar surface area (TPSA) is 86.2 Å². The molecule has 0 heterocycles. The number of hydrogen-bond acceptors (Lipinski definition) is 6. The van der Waals surface area contributed by atoms with Crippen LogP contribution in [0.1, 0.15) is 40.1 Å². The van der Waals surface area contributed by atoms with Gasteiger partial charge in [0.2, 0.25) is 0 Å². The van der Waals surface area contributed by atoms with Crippen molar-refractivity contribution in [2.45, 2.75) is 13.8 Å². The van der Waals surface area contributed by atoms with Gasteiger partial charge in [-0.2, -0.15) is 5.10 Å². The highest BCUT2D eigenvalue weighted by molar-refractivity contribution is 6.31. The Labute approximate surface area is 196 Å². The number of hydrogen-bond donors (Lipinski definition) is 1. The molecule has 1 amide bonds. The first-order valence-corrected chi connectivity index (χ1v) is 10.7. The summed E-state index contributed by atoms with van der Waals surface area (Å²) in [5.74, 6) is 0.267. The average molecular weight is 467 g/mol. The molecular formula is C25H23ClN2O5. The number of halogens is 1. The smallest absolute Gasteiger partial charge is 0.343 e. The maximum atomic E-state index is 12.8. The minimum atomic E-state index is -0.593. The summed E-state index contributed by atoms with van der Waals surface area (Å²) in [5, 5.41) is 4.38. The fraction of sp³-hybridized carbons (Fsp3) is 0.160. The molecular weight excluding hydrogens is 444 g/mol. The minimum Gasteiger partial charge on any atom is -0.490 e. The van der Waals surface area contributed by atoms with Gasteiger partial charge in [0.1, 0.15) is 5.75 Å². The molecule has 0 aliphatic carbocycles. The molecule has 0 bridgehead atoms. The Hall–Kier alpha value is -3.84. The number of rotatable bonds is 9. The predicted octanol–water partition coefficient (Wildman–Crippen LogP) is 5.12. The number of carbonyl (C=O) groups excluding carboxylic acids is 2. The van der Waals surface area contributed by atoms with Gasteiger partial charge in [0.25, 0.3) is 5.91 Å². The third kappa shape index (κ3) is 6.57. The second kappa shape index (κ2) is 11.7. The van der Waals surface area contributed by atoms with E-state index in [1.807, 2.05) is 19.9 Å². The number of nitrogens with zero attached hydrogens (tertiary/aromatic N) is 1. The first kappa shape index (κ1) is 23.8. The van der Waals surface area contributed by atoms with Crippen LogP contribution in [0.5, 0.6) is 17.2 Å². The third-order valence-corrected chi connectivity index (χ3v) is 4.59. The van der Waals surface area contributed by atoms with Gasteiger partial charge in [-0.1, -0.05) is 29.8 Å². The van der Waals surface area contributed by atoms with Gasteiger partial charge in [-0.05, 0) is 62.4 Å². The quantitative estimate of drug-likeness (QED) is 0.205. The van der Waals surface area contributed by atoms with Gasteiger partial charge >= 0.3 is 5.97 Å². The van der Waals surface area contributed by atoms with E-state index in [9.17, 15) is 9.59 Å². The van der Waals surface area contributed by atoms with Crippen LogP contribution in [-0.2, 0) is 0 Å². The molecule has 0 saturated carbocycles. The van der Waals surface area contributed by atoms with Crippen molar-refractivity contribution in [2.75, 3.05) is 13.2 Å². The zero-order valence-electron chi connectivity index (χ0n) is 18.2. The molecule has 0 fully saturated rings. The summed E-state index contributed by atoms with van der Waals surface area (Å²) in [6.45, 7) is 4.60. The molecule has 7 nitrogen and oxygen atoms in total. The van der Waals surface area contributed by atoms with Crippen molar-refractivity contribution in [2.24, 2.45) is 5.10 Å². The minimum absolute atomic E-state index is 0.231. The van der Waals surface area contributed by atoms with Crippen molar-refractivity contribution in [3.63, 3.8) is 0 Å². The van der Waals surface area contributed by atoms with E-state index in [2.05, 4.69) is 10.5 Å². The molecule has 170 valence electrons. The van der Waals surface area contributed by atoms with E-state index >= 15 is 0 Å². The Bertz CT molecular complexity index is 1150. The number of esters is 1. The summed E-state index contributed by atoms with van der Waals surface area (Å²) in [4.78, 5) is 24.9. The fourth-order valence-corrected chi connectivity index (χ4v) is 3.05. The van der Waals surface area contributed by atoms with Crippen molar-refractivity contribution in [3.8, 4) is 17.2 Å². The summed E-state index contributed by atoms with van der Waals surface area (Å²) < 4.78 is 16.7. The van der Waals surface area contributed by atoms with Crippen LogP contribution in [-0.4, -0.2) is 31.3 Å². The lowest BCUT2D eigenvalue weighted by Crippen LogP contribution is -2.17. The van der Waals surface area contributed by atoms with Crippen LogP contribution in [0.25, 0.3) is 0 Å². The number of amides is 1. The molecule has 0 atom stereocenters. The van der Waals surface area contributed by atoms with Crippen LogP contribution in [0.3, 0.4) is 0 Å². The summed E-state index contributed by atoms with van der Waals surface area (Å²) in [6, 6.07) is 18.2. The number of benzene rings is 3. The Morgan fingerprint density at radius 3 is 2.30 bits per heavy atom. The molecule has 1 N–H and O–H groups in total. The molecule has 0 unspecified atom stereocenters. The van der Waals surface area contributed by atoms with Crippen molar-refractivity contribution in [1.29, 1.82) is 0 Å². The number of carbonyl (C=O) groups is 2. The van der Waals surface area contributed by atoms with Crippen molar-refractivity contribution in [1.82, 2.24) is 5.43 Å². The molecule has 3 aromatic carbocycles. The number of ether oxygens (including phenoxy) is 3. The highest BCUT2D eigenvalue weighted by atomic mass is 35.5. The van der Waals surface area contributed by atoms with Gasteiger partial charge in [-0.15, -0.1) is 0 Å². The van der Waals surface area contributed by atoms with E-state index in [-0.39, 0.29) is 17.2 Å². The lowest BCUT2D eigenvalue weighted by Gasteiger charge is -2.13.